The molecule has 2 aromatic rings. The Bertz CT molecular complexity index is 741. The summed E-state index contributed by atoms with van der Waals surface area (Å²) in [5.41, 5.74) is 2.98. The summed E-state index contributed by atoms with van der Waals surface area (Å²) in [6, 6.07) is 4.11. The zero-order chi connectivity index (χ0) is 17.1. The molecule has 0 aliphatic carbocycles. The number of amides is 1. The van der Waals surface area contributed by atoms with Crippen molar-refractivity contribution in [2.75, 3.05) is 25.5 Å². The summed E-state index contributed by atoms with van der Waals surface area (Å²) in [5, 5.41) is 14.4. The van der Waals surface area contributed by atoms with Gasteiger partial charge in [-0.1, -0.05) is 11.3 Å². The van der Waals surface area contributed by atoms with E-state index >= 15 is 0 Å². The van der Waals surface area contributed by atoms with Crippen LogP contribution in [0.15, 0.2) is 18.3 Å². The first-order chi connectivity index (χ1) is 11.6. The molecule has 0 bridgehead atoms. The predicted molar refractivity (Wildman–Crippen MR) is 98.8 cm³/mol. The number of carbonyl (C=O) groups is 1. The Morgan fingerprint density at radius 1 is 1.32 bits per heavy atom. The van der Waals surface area contributed by atoms with Crippen LogP contribution in [-0.2, 0) is 0 Å². The van der Waals surface area contributed by atoms with E-state index in [4.69, 9.17) is 4.74 Å². The second-order valence-electron chi connectivity index (χ2n) is 6.11. The molecule has 0 spiro atoms. The number of hydrogen-bond donors (Lipinski definition) is 2. The number of halogens is 1. The molecule has 0 unspecified atom stereocenters. The Kier molecular flexibility index (Phi) is 6.39. The molecule has 25 heavy (non-hydrogen) atoms. The van der Waals surface area contributed by atoms with E-state index in [1.165, 1.54) is 0 Å². The molecule has 0 saturated carbocycles. The third-order valence-electron chi connectivity index (χ3n) is 4.48. The lowest BCUT2D eigenvalue weighted by Gasteiger charge is -2.22. The molecule has 1 aromatic carbocycles. The number of carbonyl (C=O) groups excluding carboxylic acids is 1. The average Bonchev–Trinajstić information content (AvgIpc) is 3.09. The molecule has 7 nitrogen and oxygen atoms in total. The van der Waals surface area contributed by atoms with Crippen molar-refractivity contribution in [3.05, 3.63) is 35.2 Å². The summed E-state index contributed by atoms with van der Waals surface area (Å²) in [6.45, 7) is 5.83. The molecule has 3 rings (SSSR count). The zero-order valence-electron chi connectivity index (χ0n) is 14.7. The first kappa shape index (κ1) is 19.2. The summed E-state index contributed by atoms with van der Waals surface area (Å²) in [7, 11) is 1.63. The zero-order valence-corrected chi connectivity index (χ0v) is 15.5. The topological polar surface area (TPSA) is 81.1 Å². The second-order valence-corrected chi connectivity index (χ2v) is 6.11. The number of hydrogen-bond acceptors (Lipinski definition) is 5. The largest absolute Gasteiger partial charge is 0.496 e. The predicted octanol–water partition coefficient (Wildman–Crippen LogP) is 2.50. The van der Waals surface area contributed by atoms with Crippen molar-refractivity contribution in [1.82, 2.24) is 20.3 Å². The van der Waals surface area contributed by atoms with E-state index in [-0.39, 0.29) is 18.3 Å². The SMILES string of the molecule is COc1c(C)ccc(NC(=O)c2cn(C3CCNCC3)nn2)c1C.Cl. The minimum atomic E-state index is -0.260. The van der Waals surface area contributed by atoms with Gasteiger partial charge >= 0.3 is 0 Å². The van der Waals surface area contributed by atoms with Gasteiger partial charge in [-0.25, -0.2) is 4.68 Å². The smallest absolute Gasteiger partial charge is 0.277 e. The fourth-order valence-corrected chi connectivity index (χ4v) is 3.09. The number of anilines is 1. The van der Waals surface area contributed by atoms with Crippen LogP contribution in [0, 0.1) is 13.8 Å². The van der Waals surface area contributed by atoms with Crippen LogP contribution in [0.2, 0.25) is 0 Å². The Hall–Kier alpha value is -2.12. The van der Waals surface area contributed by atoms with E-state index in [1.807, 2.05) is 26.0 Å². The molecule has 1 saturated heterocycles. The van der Waals surface area contributed by atoms with Gasteiger partial charge in [0.2, 0.25) is 0 Å². The molecule has 1 fully saturated rings. The fourth-order valence-electron chi connectivity index (χ4n) is 3.09. The van der Waals surface area contributed by atoms with Gasteiger partial charge in [0.15, 0.2) is 5.69 Å². The van der Waals surface area contributed by atoms with E-state index in [0.29, 0.717) is 11.7 Å². The fraction of sp³-hybridized carbons (Fsp3) is 0.471. The van der Waals surface area contributed by atoms with E-state index in [9.17, 15) is 4.79 Å². The van der Waals surface area contributed by atoms with Crippen molar-refractivity contribution in [1.29, 1.82) is 0 Å². The second kappa shape index (κ2) is 8.31. The quantitative estimate of drug-likeness (QED) is 0.870. The lowest BCUT2D eigenvalue weighted by atomic mass is 10.1. The van der Waals surface area contributed by atoms with E-state index in [1.54, 1.807) is 18.0 Å². The molecule has 136 valence electrons. The van der Waals surface area contributed by atoms with Crippen LogP contribution in [0.3, 0.4) is 0 Å². The summed E-state index contributed by atoms with van der Waals surface area (Å²) < 4.78 is 7.20. The molecule has 1 aliphatic heterocycles. The van der Waals surface area contributed by atoms with Gasteiger partial charge < -0.3 is 15.4 Å². The highest BCUT2D eigenvalue weighted by Gasteiger charge is 2.19. The van der Waals surface area contributed by atoms with Crippen molar-refractivity contribution in [3.8, 4) is 5.75 Å². The highest BCUT2D eigenvalue weighted by atomic mass is 35.5. The van der Waals surface area contributed by atoms with Gasteiger partial charge in [0.1, 0.15) is 5.75 Å². The normalized spacial score (nSPS) is 14.7. The number of piperidine rings is 1. The first-order valence-electron chi connectivity index (χ1n) is 8.18. The molecule has 0 atom stereocenters. The van der Waals surface area contributed by atoms with Gasteiger partial charge in [0.05, 0.1) is 19.3 Å². The number of nitrogens with one attached hydrogen (secondary N) is 2. The maximum absolute atomic E-state index is 12.5. The minimum absolute atomic E-state index is 0. The van der Waals surface area contributed by atoms with Crippen molar-refractivity contribution >= 4 is 24.0 Å². The average molecular weight is 366 g/mol. The third-order valence-corrected chi connectivity index (χ3v) is 4.48. The van der Waals surface area contributed by atoms with Crippen LogP contribution in [0.4, 0.5) is 5.69 Å². The molecule has 1 aliphatic rings. The van der Waals surface area contributed by atoms with Gasteiger partial charge in [0.25, 0.3) is 5.91 Å². The van der Waals surface area contributed by atoms with Crippen molar-refractivity contribution in [3.63, 3.8) is 0 Å². The van der Waals surface area contributed by atoms with Crippen LogP contribution < -0.4 is 15.4 Å². The van der Waals surface area contributed by atoms with Crippen molar-refractivity contribution in [2.24, 2.45) is 0 Å². The molecule has 1 aromatic heterocycles. The van der Waals surface area contributed by atoms with E-state index < -0.39 is 0 Å². The third kappa shape index (κ3) is 4.11. The van der Waals surface area contributed by atoms with Gasteiger partial charge in [-0.3, -0.25) is 4.79 Å². The van der Waals surface area contributed by atoms with Gasteiger partial charge in [-0.05, 0) is 51.4 Å². The van der Waals surface area contributed by atoms with Crippen LogP contribution >= 0.6 is 12.4 Å². The number of aryl methyl sites for hydroxylation is 1. The van der Waals surface area contributed by atoms with Gasteiger partial charge in [-0.2, -0.15) is 0 Å². The summed E-state index contributed by atoms with van der Waals surface area (Å²) >= 11 is 0. The monoisotopic (exact) mass is 365 g/mol. The molecule has 2 heterocycles. The summed E-state index contributed by atoms with van der Waals surface area (Å²) in [6.07, 6.45) is 3.73. The van der Waals surface area contributed by atoms with Crippen LogP contribution in [0.25, 0.3) is 0 Å². The highest BCUT2D eigenvalue weighted by Crippen LogP contribution is 2.29. The lowest BCUT2D eigenvalue weighted by molar-refractivity contribution is 0.102. The lowest BCUT2D eigenvalue weighted by Crippen LogP contribution is -2.29. The Morgan fingerprint density at radius 2 is 2.04 bits per heavy atom. The van der Waals surface area contributed by atoms with Crippen molar-refractivity contribution < 1.29 is 9.53 Å². The molecule has 0 radical (unpaired) electrons. The minimum Gasteiger partial charge on any atom is -0.496 e. The highest BCUT2D eigenvalue weighted by molar-refractivity contribution is 6.03. The number of benzene rings is 1. The maximum Gasteiger partial charge on any atom is 0.277 e. The number of methoxy groups -OCH3 is 1. The number of aromatic nitrogens is 3. The maximum atomic E-state index is 12.5. The Balaban J connectivity index is 0.00000225. The summed E-state index contributed by atoms with van der Waals surface area (Å²) in [5.74, 6) is 0.523. The van der Waals surface area contributed by atoms with E-state index in [0.717, 1.165) is 48.5 Å². The van der Waals surface area contributed by atoms with Crippen molar-refractivity contribution in [2.45, 2.75) is 32.7 Å². The summed E-state index contributed by atoms with van der Waals surface area (Å²) in [4.78, 5) is 12.5. The first-order valence-corrected chi connectivity index (χ1v) is 8.18. The number of rotatable bonds is 4. The van der Waals surface area contributed by atoms with Crippen LogP contribution in [0.1, 0.15) is 40.5 Å². The molecule has 8 heteroatoms. The van der Waals surface area contributed by atoms with Crippen LogP contribution in [0.5, 0.6) is 5.75 Å². The van der Waals surface area contributed by atoms with Crippen LogP contribution in [-0.4, -0.2) is 41.1 Å². The standard InChI is InChI=1S/C17H23N5O2.ClH/c1-11-4-5-14(12(2)16(11)24-3)19-17(23)15-10-22(21-20-15)13-6-8-18-9-7-13;/h4-5,10,13,18H,6-9H2,1-3H3,(H,19,23);1H. The van der Waals surface area contributed by atoms with Gasteiger partial charge in [0, 0.05) is 11.3 Å². The molecule has 2 N–H and O–H groups in total. The molecule has 1 amide bonds. The number of ether oxygens (including phenoxy) is 1. The van der Waals surface area contributed by atoms with Gasteiger partial charge in [-0.15, -0.1) is 17.5 Å². The Morgan fingerprint density at radius 3 is 2.72 bits per heavy atom. The number of nitrogens with zero attached hydrogens (tertiary/aromatic N) is 3. The Labute approximate surface area is 153 Å². The molecular formula is C17H24ClN5O2. The molecular weight excluding hydrogens is 342 g/mol. The van der Waals surface area contributed by atoms with E-state index in [2.05, 4.69) is 20.9 Å².